The van der Waals surface area contributed by atoms with Gasteiger partial charge < -0.3 is 20.1 Å². The van der Waals surface area contributed by atoms with Crippen molar-refractivity contribution in [1.29, 1.82) is 0 Å². The van der Waals surface area contributed by atoms with E-state index in [0.29, 0.717) is 48.5 Å². The van der Waals surface area contributed by atoms with Gasteiger partial charge in [0.25, 0.3) is 0 Å². The second kappa shape index (κ2) is 18.4. The van der Waals surface area contributed by atoms with Crippen LogP contribution in [0.5, 0.6) is 0 Å². The Morgan fingerprint density at radius 1 is 1.02 bits per heavy atom. The Labute approximate surface area is 288 Å². The standard InChI is InChI=1S/C29H32F2N8O.2C2H6.HIS/c1-17-34-28-21(30)12-19(13-24(28)39(17)20-6-4-3-5-7-20)27-22(31)14-33-29(37-27)36-25-9-8-18-16-38(26(40)15-32-2)11-10-23(18)35-25;3*1-2/h8-9,12-14,20,32H,3-7,10-11,15-16H2,1-2H3,(H,33,35,36,37);2*1-2H3;2H. The summed E-state index contributed by atoms with van der Waals surface area (Å²) in [6, 6.07) is 7.03. The number of aryl methyl sites for hydroxylation is 1. The number of aromatic nitrogens is 5. The fourth-order valence-corrected chi connectivity index (χ4v) is 5.91. The third-order valence-corrected chi connectivity index (χ3v) is 7.85. The van der Waals surface area contributed by atoms with Crippen LogP contribution in [0.3, 0.4) is 0 Å². The van der Waals surface area contributed by atoms with Crippen molar-refractivity contribution < 1.29 is 13.6 Å². The smallest absolute Gasteiger partial charge is 0.236 e. The average Bonchev–Trinajstić information content (AvgIpc) is 3.44. The van der Waals surface area contributed by atoms with Crippen LogP contribution in [0.4, 0.5) is 20.5 Å². The number of likely N-dealkylation sites (N-methyl/N-ethyl adjacent to an activating group) is 1. The highest BCUT2D eigenvalue weighted by Gasteiger charge is 2.24. The number of hydrogen-bond acceptors (Lipinski definition) is 8. The Hall–Kier alpha value is -2.91. The van der Waals surface area contributed by atoms with E-state index >= 15 is 8.78 Å². The molecule has 2 aliphatic rings. The summed E-state index contributed by atoms with van der Waals surface area (Å²) in [7, 11) is 5.25. The van der Waals surface area contributed by atoms with Crippen molar-refractivity contribution in [3.8, 4) is 11.3 Å². The van der Waals surface area contributed by atoms with Crippen molar-refractivity contribution in [2.75, 3.05) is 25.5 Å². The molecule has 3 aromatic heterocycles. The van der Waals surface area contributed by atoms with Crippen LogP contribution in [0.15, 0.2) is 30.5 Å². The molecule has 0 radical (unpaired) electrons. The van der Waals surface area contributed by atoms with E-state index in [1.54, 1.807) is 24.1 Å². The number of carbonyl (C=O) groups excluding carboxylic acids is 1. The maximum absolute atomic E-state index is 15.3. The molecule has 13 heteroatoms. The molecule has 0 unspecified atom stereocenters. The van der Waals surface area contributed by atoms with Crippen LogP contribution in [-0.4, -0.2) is 55.4 Å². The minimum absolute atomic E-state index is 0.00370. The molecule has 46 heavy (non-hydrogen) atoms. The van der Waals surface area contributed by atoms with Gasteiger partial charge >= 0.3 is 0 Å². The quantitative estimate of drug-likeness (QED) is 0.135. The molecule has 1 aliphatic carbocycles. The molecule has 9 nitrogen and oxygen atoms in total. The van der Waals surface area contributed by atoms with E-state index in [4.69, 9.17) is 0 Å². The number of imidazole rings is 1. The fourth-order valence-electron chi connectivity index (χ4n) is 5.91. The first-order valence-corrected chi connectivity index (χ1v) is 19.2. The van der Waals surface area contributed by atoms with Crippen LogP contribution in [-0.2, 0) is 17.8 Å². The summed E-state index contributed by atoms with van der Waals surface area (Å²) in [6.07, 6.45) is 7.22. The van der Waals surface area contributed by atoms with Crippen molar-refractivity contribution >= 4 is 59.7 Å². The van der Waals surface area contributed by atoms with Crippen molar-refractivity contribution in [1.82, 2.24) is 34.7 Å². The number of amides is 1. The zero-order valence-corrected chi connectivity index (χ0v) is 30.6. The highest BCUT2D eigenvalue weighted by atomic mass is 127. The summed E-state index contributed by atoms with van der Waals surface area (Å²) in [5, 5.41) is 5.96. The molecule has 1 aromatic carbocycles. The number of carbonyl (C=O) groups is 1. The summed E-state index contributed by atoms with van der Waals surface area (Å²) >= 11 is 1.84. The van der Waals surface area contributed by atoms with Crippen LogP contribution < -0.4 is 10.6 Å². The highest BCUT2D eigenvalue weighted by molar-refractivity contribution is 14.2. The Morgan fingerprint density at radius 2 is 1.74 bits per heavy atom. The number of halogens is 3. The van der Waals surface area contributed by atoms with Crippen molar-refractivity contribution in [2.45, 2.75) is 85.7 Å². The zero-order chi connectivity index (χ0) is 33.8. The maximum Gasteiger partial charge on any atom is 0.236 e. The van der Waals surface area contributed by atoms with Crippen LogP contribution in [0.2, 0.25) is 0 Å². The predicted molar refractivity (Wildman–Crippen MR) is 194 cm³/mol. The van der Waals surface area contributed by atoms with Gasteiger partial charge in [-0.2, -0.15) is 0 Å². The van der Waals surface area contributed by atoms with E-state index in [1.807, 2.05) is 61.9 Å². The van der Waals surface area contributed by atoms with Gasteiger partial charge in [-0.15, -0.1) is 9.80 Å². The first-order valence-electron chi connectivity index (χ1n) is 16.0. The summed E-state index contributed by atoms with van der Waals surface area (Å²) in [5.74, 6) is 0.332. The topological polar surface area (TPSA) is 101 Å². The fraction of sp³-hybridized carbons (Fsp3) is 0.485. The van der Waals surface area contributed by atoms with Gasteiger partial charge in [0.05, 0.1) is 18.3 Å². The first kappa shape index (κ1) is 37.5. The predicted octanol–water partition coefficient (Wildman–Crippen LogP) is 8.15. The zero-order valence-electron chi connectivity index (χ0n) is 27.5. The Bertz CT molecular complexity index is 1600. The van der Waals surface area contributed by atoms with Crippen molar-refractivity contribution in [3.05, 3.63) is 59.2 Å². The van der Waals surface area contributed by atoms with Gasteiger partial charge in [0.2, 0.25) is 11.9 Å². The average molecular weight is 767 g/mol. The molecule has 4 heterocycles. The minimum atomic E-state index is -0.644. The lowest BCUT2D eigenvalue weighted by Crippen LogP contribution is -2.40. The molecule has 6 rings (SSSR count). The monoisotopic (exact) mass is 766 g/mol. The lowest BCUT2D eigenvalue weighted by Gasteiger charge is -2.28. The lowest BCUT2D eigenvalue weighted by molar-refractivity contribution is -0.131. The Morgan fingerprint density at radius 3 is 2.43 bits per heavy atom. The van der Waals surface area contributed by atoms with Crippen molar-refractivity contribution in [3.63, 3.8) is 0 Å². The molecule has 1 fully saturated rings. The summed E-state index contributed by atoms with van der Waals surface area (Å²) in [5.41, 5.74) is 3.16. The maximum atomic E-state index is 15.3. The van der Waals surface area contributed by atoms with E-state index in [-0.39, 0.29) is 23.6 Å². The second-order valence-electron chi connectivity index (χ2n) is 10.6. The molecule has 0 bridgehead atoms. The molecule has 1 amide bonds. The normalized spacial score (nSPS) is 14.2. The number of rotatable bonds is 6. The number of benzene rings is 1. The largest absolute Gasteiger partial charge is 0.337 e. The van der Waals surface area contributed by atoms with E-state index in [0.717, 1.165) is 49.0 Å². The Kier molecular flexibility index (Phi) is 15.0. The SMILES string of the molecule is CC.CC.CNCC(=O)N1CCc2nc(Nc3ncc(F)c(-c4cc(F)c5nc(C)n(C6CCCCC6)c5c4)n3)ccc2C1.SI. The molecule has 0 atom stereocenters. The van der Waals surface area contributed by atoms with Crippen LogP contribution in [0.25, 0.3) is 22.3 Å². The number of pyridine rings is 1. The molecule has 1 aliphatic heterocycles. The van der Waals surface area contributed by atoms with E-state index < -0.39 is 11.6 Å². The van der Waals surface area contributed by atoms with Gasteiger partial charge in [-0.3, -0.25) is 4.79 Å². The highest BCUT2D eigenvalue weighted by Crippen LogP contribution is 2.35. The number of nitrogens with one attached hydrogen (secondary N) is 2. The van der Waals surface area contributed by atoms with Crippen LogP contribution >= 0.6 is 31.0 Å². The molecule has 2 N–H and O–H groups in total. The van der Waals surface area contributed by atoms with Gasteiger partial charge in [0, 0.05) is 36.8 Å². The second-order valence-corrected chi connectivity index (χ2v) is 10.6. The van der Waals surface area contributed by atoms with Gasteiger partial charge in [0.1, 0.15) is 22.9 Å². The molecular formula is C33H45F2IN8OS. The Balaban J connectivity index is 0.000000908. The molecule has 0 saturated heterocycles. The van der Waals surface area contributed by atoms with Gasteiger partial charge in [-0.1, -0.05) is 53.0 Å². The number of thiol groups is 1. The van der Waals surface area contributed by atoms with Crippen molar-refractivity contribution in [2.24, 2.45) is 0 Å². The third-order valence-electron chi connectivity index (χ3n) is 7.85. The van der Waals surface area contributed by atoms with E-state index in [2.05, 4.69) is 44.9 Å². The number of hydrogen-bond donors (Lipinski definition) is 3. The molecular weight excluding hydrogens is 721 g/mol. The van der Waals surface area contributed by atoms with Crippen LogP contribution in [0, 0.1) is 18.6 Å². The van der Waals surface area contributed by atoms with E-state index in [9.17, 15) is 4.79 Å². The molecule has 4 aromatic rings. The van der Waals surface area contributed by atoms with E-state index in [1.165, 1.54) is 12.5 Å². The molecule has 0 spiro atoms. The van der Waals surface area contributed by atoms with Crippen LogP contribution in [0.1, 0.15) is 82.9 Å². The van der Waals surface area contributed by atoms with Gasteiger partial charge in [0.15, 0.2) is 11.6 Å². The number of nitrogens with zero attached hydrogens (tertiary/aromatic N) is 6. The number of anilines is 2. The summed E-state index contributed by atoms with van der Waals surface area (Å²) in [4.78, 5) is 31.7. The number of fused-ring (bicyclic) bond motifs is 2. The first-order chi connectivity index (χ1) is 22.4. The molecule has 250 valence electrons. The van der Waals surface area contributed by atoms with Gasteiger partial charge in [-0.25, -0.2) is 28.7 Å². The van der Waals surface area contributed by atoms with Gasteiger partial charge in [-0.05, 0) is 71.8 Å². The summed E-state index contributed by atoms with van der Waals surface area (Å²) in [6.45, 7) is 11.3. The minimum Gasteiger partial charge on any atom is -0.337 e. The summed E-state index contributed by atoms with van der Waals surface area (Å²) < 4.78 is 32.4. The lowest BCUT2D eigenvalue weighted by atomic mass is 9.95. The third kappa shape index (κ3) is 8.71. The molecule has 1 saturated carbocycles.